The minimum Gasteiger partial charge on any atom is -0.326 e. The largest absolute Gasteiger partial charge is 0.493 e. The second-order valence-corrected chi connectivity index (χ2v) is 7.56. The van der Waals surface area contributed by atoms with Gasteiger partial charge in [0.15, 0.2) is 0 Å². The summed E-state index contributed by atoms with van der Waals surface area (Å²) in [5.74, 6) is -2.54. The number of aromatic amines is 1. The number of rotatable bonds is 4. The van der Waals surface area contributed by atoms with Crippen molar-refractivity contribution < 1.29 is 40.8 Å². The summed E-state index contributed by atoms with van der Waals surface area (Å²) in [6.45, 7) is -1.89. The molecule has 0 spiro atoms. The molecule has 4 aromatic rings. The lowest BCUT2D eigenvalue weighted by atomic mass is 10.1. The highest BCUT2D eigenvalue weighted by Gasteiger charge is 2.44. The van der Waals surface area contributed by atoms with Gasteiger partial charge in [0.1, 0.15) is 18.0 Å². The van der Waals surface area contributed by atoms with E-state index in [-0.39, 0.29) is 22.0 Å². The number of hydroxylamine groups is 1. The van der Waals surface area contributed by atoms with Crippen LogP contribution in [0.15, 0.2) is 65.8 Å². The van der Waals surface area contributed by atoms with Gasteiger partial charge in [-0.2, -0.15) is 26.3 Å². The molecule has 0 saturated heterocycles. The van der Waals surface area contributed by atoms with Gasteiger partial charge < -0.3 is 15.1 Å². The molecule has 4 rings (SSSR count). The van der Waals surface area contributed by atoms with Crippen molar-refractivity contribution in [1.82, 2.24) is 24.7 Å². The number of nitrogens with one attached hydrogen (secondary N) is 2. The van der Waals surface area contributed by atoms with E-state index < -0.39 is 36.6 Å². The average molecular weight is 540 g/mol. The molecule has 198 valence electrons. The number of fused-ring (bicyclic) bond motifs is 1. The number of anilines is 1. The number of benzene rings is 1. The van der Waals surface area contributed by atoms with Crippen LogP contribution >= 0.6 is 0 Å². The smallest absolute Gasteiger partial charge is 0.326 e. The molecule has 0 aliphatic heterocycles. The number of carbonyl (C=O) groups is 2. The maximum Gasteiger partial charge on any atom is 0.493 e. The van der Waals surface area contributed by atoms with Crippen LogP contribution in [0.1, 0.15) is 0 Å². The Labute approximate surface area is 207 Å². The van der Waals surface area contributed by atoms with Crippen LogP contribution in [0.25, 0.3) is 28.3 Å². The van der Waals surface area contributed by atoms with Crippen LogP contribution in [0.4, 0.5) is 36.8 Å². The first-order valence-corrected chi connectivity index (χ1v) is 10.4. The normalized spacial score (nSPS) is 11.8. The van der Waals surface area contributed by atoms with Crippen molar-refractivity contribution in [1.29, 1.82) is 0 Å². The number of hydrogen-bond donors (Lipinski definition) is 2. The Morgan fingerprint density at radius 2 is 1.79 bits per heavy atom. The third-order valence-corrected chi connectivity index (χ3v) is 4.86. The molecule has 0 aliphatic carbocycles. The predicted octanol–water partition coefficient (Wildman–Crippen LogP) is 3.85. The summed E-state index contributed by atoms with van der Waals surface area (Å²) in [5, 5.41) is 1.14. The first-order chi connectivity index (χ1) is 17.8. The molecule has 0 atom stereocenters. The zero-order valence-corrected chi connectivity index (χ0v) is 18.7. The van der Waals surface area contributed by atoms with E-state index >= 15 is 0 Å². The Morgan fingerprint density at radius 3 is 2.47 bits per heavy atom. The quantitative estimate of drug-likeness (QED) is 0.300. The molecule has 2 amide bonds. The van der Waals surface area contributed by atoms with Crippen LogP contribution in [0.3, 0.4) is 0 Å². The highest BCUT2D eigenvalue weighted by molar-refractivity contribution is 5.93. The average Bonchev–Trinajstić information content (AvgIpc) is 3.28. The number of H-pyrrole nitrogens is 1. The molecule has 0 saturated carbocycles. The van der Waals surface area contributed by atoms with Gasteiger partial charge in [0.05, 0.1) is 17.6 Å². The van der Waals surface area contributed by atoms with Crippen LogP contribution in [-0.2, 0) is 9.63 Å². The fourth-order valence-electron chi connectivity index (χ4n) is 3.24. The van der Waals surface area contributed by atoms with E-state index in [0.717, 1.165) is 12.1 Å². The number of amides is 2. The maximum atomic E-state index is 12.8. The number of halogens is 6. The van der Waals surface area contributed by atoms with E-state index in [2.05, 4.69) is 19.8 Å². The lowest BCUT2D eigenvalue weighted by molar-refractivity contribution is -0.199. The highest BCUT2D eigenvalue weighted by atomic mass is 19.4. The molecule has 10 nitrogen and oxygen atoms in total. The predicted molar refractivity (Wildman–Crippen MR) is 119 cm³/mol. The highest BCUT2D eigenvalue weighted by Crippen LogP contribution is 2.28. The lowest BCUT2D eigenvalue weighted by Gasteiger charge is -2.22. The minimum atomic E-state index is -5.53. The number of urea groups is 1. The van der Waals surface area contributed by atoms with E-state index in [9.17, 15) is 40.7 Å². The van der Waals surface area contributed by atoms with Crippen molar-refractivity contribution in [2.45, 2.75) is 12.4 Å². The number of hydrogen-bond acceptors (Lipinski definition) is 6. The number of aromatic nitrogens is 4. The van der Waals surface area contributed by atoms with Crippen molar-refractivity contribution >= 4 is 23.3 Å². The lowest BCUT2D eigenvalue weighted by Crippen LogP contribution is -2.46. The van der Waals surface area contributed by atoms with E-state index in [1.807, 2.05) is 0 Å². The van der Waals surface area contributed by atoms with Crippen molar-refractivity contribution in [3.8, 4) is 22.6 Å². The molecule has 3 aromatic heterocycles. The summed E-state index contributed by atoms with van der Waals surface area (Å²) in [6.07, 6.45) is -6.14. The topological polar surface area (TPSA) is 122 Å². The molecule has 1 aromatic carbocycles. The zero-order valence-electron chi connectivity index (χ0n) is 18.7. The van der Waals surface area contributed by atoms with Crippen LogP contribution in [0, 0.1) is 0 Å². The summed E-state index contributed by atoms with van der Waals surface area (Å²) >= 11 is 0. The first-order valence-electron chi connectivity index (χ1n) is 10.4. The summed E-state index contributed by atoms with van der Waals surface area (Å²) < 4.78 is 77.5. The monoisotopic (exact) mass is 540 g/mol. The van der Waals surface area contributed by atoms with Gasteiger partial charge in [-0.25, -0.2) is 19.6 Å². The van der Waals surface area contributed by atoms with Crippen LogP contribution < -0.4 is 15.9 Å². The Kier molecular flexibility index (Phi) is 6.80. The number of imidazole rings is 1. The van der Waals surface area contributed by atoms with E-state index in [0.29, 0.717) is 16.9 Å². The van der Waals surface area contributed by atoms with Gasteiger partial charge in [-0.05, 0) is 24.3 Å². The van der Waals surface area contributed by atoms with Crippen molar-refractivity contribution in [2.24, 2.45) is 0 Å². The molecular formula is C22H14F6N6O4. The fraction of sp³-hybridized carbons (Fsp3) is 0.136. The second kappa shape index (κ2) is 9.87. The Bertz CT molecular complexity index is 1560. The zero-order chi connectivity index (χ0) is 27.7. The molecule has 16 heteroatoms. The number of alkyl halides is 6. The molecule has 0 aliphatic rings. The molecule has 0 fully saturated rings. The summed E-state index contributed by atoms with van der Waals surface area (Å²) in [4.78, 5) is 50.2. The Morgan fingerprint density at radius 1 is 1.03 bits per heavy atom. The minimum absolute atomic E-state index is 0.218. The molecule has 0 radical (unpaired) electrons. The van der Waals surface area contributed by atoms with Gasteiger partial charge in [0, 0.05) is 29.6 Å². The van der Waals surface area contributed by atoms with Crippen LogP contribution in [0.5, 0.6) is 0 Å². The SMILES string of the molecule is O=C(NCC(F)(F)F)N(OC(=O)C(F)(F)F)c1cccc(-c2cnc3cc(-c4nccc(=O)[nH]4)ccn23)c1. The summed E-state index contributed by atoms with van der Waals surface area (Å²) in [5.41, 5.74) is 0.667. The van der Waals surface area contributed by atoms with Gasteiger partial charge >= 0.3 is 24.4 Å². The van der Waals surface area contributed by atoms with Gasteiger partial charge in [0.25, 0.3) is 5.56 Å². The number of carbonyl (C=O) groups excluding carboxylic acids is 2. The molecule has 0 bridgehead atoms. The maximum absolute atomic E-state index is 12.8. The van der Waals surface area contributed by atoms with Gasteiger partial charge in [-0.15, -0.1) is 5.06 Å². The number of pyridine rings is 1. The van der Waals surface area contributed by atoms with E-state index in [1.165, 1.54) is 35.9 Å². The summed E-state index contributed by atoms with van der Waals surface area (Å²) in [7, 11) is 0. The third-order valence-electron chi connectivity index (χ3n) is 4.86. The van der Waals surface area contributed by atoms with Crippen LogP contribution in [-0.4, -0.2) is 50.3 Å². The molecule has 38 heavy (non-hydrogen) atoms. The number of nitrogens with zero attached hydrogens (tertiary/aromatic N) is 4. The standard InChI is InChI=1S/C22H14F6N6O4/c23-21(24,25)11-31-20(37)34(38-19(36)22(26,27)28)14-3-1-2-12(8-14)15-10-30-16-9-13(5-7-33(15)16)18-29-6-4-17(35)32-18/h1-10H,11H2,(H,31,37)(H,29,32,35). The Hall–Kier alpha value is -4.89. The third kappa shape index (κ3) is 5.91. The molecular weight excluding hydrogens is 526 g/mol. The van der Waals surface area contributed by atoms with Gasteiger partial charge in [-0.1, -0.05) is 12.1 Å². The second-order valence-electron chi connectivity index (χ2n) is 7.56. The van der Waals surface area contributed by atoms with Crippen molar-refractivity contribution in [2.75, 3.05) is 11.6 Å². The first kappa shape index (κ1) is 26.2. The molecule has 0 unspecified atom stereocenters. The Balaban J connectivity index is 1.69. The van der Waals surface area contributed by atoms with Crippen molar-refractivity contribution in [3.63, 3.8) is 0 Å². The molecule has 3 heterocycles. The van der Waals surface area contributed by atoms with Gasteiger partial charge in [-0.3, -0.25) is 9.20 Å². The van der Waals surface area contributed by atoms with Crippen LogP contribution in [0.2, 0.25) is 0 Å². The van der Waals surface area contributed by atoms with E-state index in [4.69, 9.17) is 0 Å². The fourth-order valence-corrected chi connectivity index (χ4v) is 3.24. The summed E-state index contributed by atoms with van der Waals surface area (Å²) in [6, 6.07) is 7.60. The molecule has 2 N–H and O–H groups in total. The van der Waals surface area contributed by atoms with Crippen molar-refractivity contribution in [3.05, 3.63) is 71.4 Å². The van der Waals surface area contributed by atoms with Gasteiger partial charge in [0.2, 0.25) is 0 Å². The van der Waals surface area contributed by atoms with E-state index in [1.54, 1.807) is 22.7 Å².